The lowest BCUT2D eigenvalue weighted by Gasteiger charge is -2.42. The number of piperidine rings is 1. The summed E-state index contributed by atoms with van der Waals surface area (Å²) >= 11 is 0. The van der Waals surface area contributed by atoms with Gasteiger partial charge in [-0.25, -0.2) is 9.59 Å². The van der Waals surface area contributed by atoms with Gasteiger partial charge in [-0.3, -0.25) is 4.79 Å². The van der Waals surface area contributed by atoms with E-state index < -0.39 is 24.2 Å². The topological polar surface area (TPSA) is 131 Å². The number of fused-ring (bicyclic) bond motifs is 2. The smallest absolute Gasteiger partial charge is 0.475 e. The van der Waals surface area contributed by atoms with Crippen LogP contribution in [0.1, 0.15) is 38.5 Å². The third kappa shape index (κ3) is 5.69. The number of hydrogen-bond acceptors (Lipinski definition) is 5. The number of carboxylic acids is 1. The molecule has 3 N–H and O–H groups in total. The van der Waals surface area contributed by atoms with Crippen LogP contribution in [0.25, 0.3) is 0 Å². The van der Waals surface area contributed by atoms with Crippen LogP contribution in [-0.4, -0.2) is 88.2 Å². The summed E-state index contributed by atoms with van der Waals surface area (Å²) in [6.45, 7) is 0. The van der Waals surface area contributed by atoms with Crippen molar-refractivity contribution in [2.24, 2.45) is 11.7 Å². The number of terminal acetylenes is 1. The Morgan fingerprint density at radius 2 is 1.58 bits per heavy atom. The monoisotopic (exact) mass is 471 g/mol. The maximum Gasteiger partial charge on any atom is 0.490 e. The molecule has 3 aliphatic heterocycles. The zero-order valence-corrected chi connectivity index (χ0v) is 18.5. The number of amides is 3. The summed E-state index contributed by atoms with van der Waals surface area (Å²) in [6.07, 6.45) is 5.09. The largest absolute Gasteiger partial charge is 0.490 e. The minimum absolute atomic E-state index is 0.0181. The maximum atomic E-state index is 13.0. The SMILES string of the molecule is C#C[C@H]1CC[C@@H](C#N)N1C(=O)[C@@H](N)C1CC2CCC(C1)N2C(=O)N(C)C.O=C(O)C(F)(F)F. The van der Waals surface area contributed by atoms with Gasteiger partial charge in [0, 0.05) is 26.2 Å². The van der Waals surface area contributed by atoms with E-state index in [1.165, 1.54) is 4.90 Å². The van der Waals surface area contributed by atoms with Crippen molar-refractivity contribution in [3.8, 4) is 18.4 Å². The molecule has 3 heterocycles. The molecule has 2 bridgehead atoms. The van der Waals surface area contributed by atoms with Gasteiger partial charge in [0.15, 0.2) is 0 Å². The Morgan fingerprint density at radius 3 is 1.97 bits per heavy atom. The Hall–Kier alpha value is -2.99. The number of alkyl halides is 3. The van der Waals surface area contributed by atoms with Gasteiger partial charge < -0.3 is 25.5 Å². The molecule has 3 amide bonds. The predicted molar refractivity (Wildman–Crippen MR) is 110 cm³/mol. The van der Waals surface area contributed by atoms with Crippen molar-refractivity contribution < 1.29 is 32.7 Å². The Morgan fingerprint density at radius 1 is 1.09 bits per heavy atom. The van der Waals surface area contributed by atoms with Gasteiger partial charge in [-0.1, -0.05) is 5.92 Å². The highest BCUT2D eigenvalue weighted by Gasteiger charge is 2.48. The second-order valence-corrected chi connectivity index (χ2v) is 8.68. The average molecular weight is 471 g/mol. The molecule has 12 heteroatoms. The number of carbonyl (C=O) groups is 3. The summed E-state index contributed by atoms with van der Waals surface area (Å²) in [6, 6.07) is 0.998. The fourth-order valence-electron chi connectivity index (χ4n) is 4.84. The van der Waals surface area contributed by atoms with Gasteiger partial charge in [-0.05, 0) is 44.4 Å². The third-order valence-corrected chi connectivity index (χ3v) is 6.39. The molecular weight excluding hydrogens is 443 g/mol. The van der Waals surface area contributed by atoms with Crippen LogP contribution in [-0.2, 0) is 9.59 Å². The molecule has 5 atom stereocenters. The summed E-state index contributed by atoms with van der Waals surface area (Å²) in [7, 11) is 3.52. The highest BCUT2D eigenvalue weighted by atomic mass is 19.4. The lowest BCUT2D eigenvalue weighted by molar-refractivity contribution is -0.192. The number of aliphatic carboxylic acids is 1. The van der Waals surface area contributed by atoms with E-state index in [0.29, 0.717) is 12.8 Å². The molecule has 0 saturated carbocycles. The van der Waals surface area contributed by atoms with Crippen molar-refractivity contribution in [1.82, 2.24) is 14.7 Å². The molecule has 0 radical (unpaired) electrons. The van der Waals surface area contributed by atoms with Crippen molar-refractivity contribution in [1.29, 1.82) is 5.26 Å². The number of halogens is 3. The van der Waals surface area contributed by atoms with Crippen LogP contribution in [0.2, 0.25) is 0 Å². The molecular formula is C21H28F3N5O4. The van der Waals surface area contributed by atoms with Gasteiger partial charge in [0.25, 0.3) is 0 Å². The number of nitriles is 1. The molecule has 182 valence electrons. The molecule has 3 fully saturated rings. The molecule has 33 heavy (non-hydrogen) atoms. The number of carboxylic acid groups (broad SMARTS) is 1. The normalized spacial score (nSPS) is 29.3. The second kappa shape index (κ2) is 10.3. The first-order valence-corrected chi connectivity index (χ1v) is 10.6. The van der Waals surface area contributed by atoms with Gasteiger partial charge in [0.1, 0.15) is 6.04 Å². The van der Waals surface area contributed by atoms with Crippen LogP contribution >= 0.6 is 0 Å². The number of likely N-dealkylation sites (tertiary alicyclic amines) is 1. The number of urea groups is 1. The summed E-state index contributed by atoms with van der Waals surface area (Å²) in [5.41, 5.74) is 6.36. The molecule has 0 aromatic carbocycles. The van der Waals surface area contributed by atoms with E-state index in [1.54, 1.807) is 19.0 Å². The number of hydrogen-bond donors (Lipinski definition) is 2. The first-order valence-electron chi connectivity index (χ1n) is 10.6. The molecule has 0 spiro atoms. The molecule has 0 aromatic rings. The Bertz CT molecular complexity index is 814. The lowest BCUT2D eigenvalue weighted by Crippen LogP contribution is -2.57. The van der Waals surface area contributed by atoms with E-state index in [2.05, 4.69) is 12.0 Å². The molecule has 0 aromatic heterocycles. The predicted octanol–water partition coefficient (Wildman–Crippen LogP) is 1.39. The Balaban J connectivity index is 0.000000479. The Labute approximate surface area is 190 Å². The summed E-state index contributed by atoms with van der Waals surface area (Å²) in [5, 5.41) is 16.5. The molecule has 2 unspecified atom stereocenters. The van der Waals surface area contributed by atoms with Crippen LogP contribution in [0.15, 0.2) is 0 Å². The minimum Gasteiger partial charge on any atom is -0.475 e. The van der Waals surface area contributed by atoms with E-state index in [9.17, 15) is 28.0 Å². The fraction of sp³-hybridized carbons (Fsp3) is 0.714. The van der Waals surface area contributed by atoms with Gasteiger partial charge in [0.2, 0.25) is 5.91 Å². The van der Waals surface area contributed by atoms with Crippen LogP contribution in [0, 0.1) is 29.6 Å². The standard InChI is InChI=1S/C19H27N5O2.C2HF3O2/c1-4-13-5-8-16(11-20)23(13)18(25)17(21)12-9-14-6-7-15(10-12)24(14)19(26)22(2)3;3-2(4,5)1(6)7/h1,12-17H,5-10,21H2,2-3H3;(H,6,7)/t12?,13-,14?,15?,16-,17-;/m0./s1. The highest BCUT2D eigenvalue weighted by Crippen LogP contribution is 2.40. The fourth-order valence-corrected chi connectivity index (χ4v) is 4.84. The van der Waals surface area contributed by atoms with Crippen LogP contribution in [0.4, 0.5) is 18.0 Å². The lowest BCUT2D eigenvalue weighted by atomic mass is 9.84. The quantitative estimate of drug-likeness (QED) is 0.585. The summed E-state index contributed by atoms with van der Waals surface area (Å²) in [5.74, 6) is -0.332. The van der Waals surface area contributed by atoms with Crippen molar-refractivity contribution >= 4 is 17.9 Å². The molecule has 9 nitrogen and oxygen atoms in total. The average Bonchev–Trinajstić information content (AvgIpc) is 3.28. The molecule has 3 aliphatic rings. The third-order valence-electron chi connectivity index (χ3n) is 6.39. The zero-order chi connectivity index (χ0) is 25.1. The van der Waals surface area contributed by atoms with Crippen molar-refractivity contribution in [3.63, 3.8) is 0 Å². The van der Waals surface area contributed by atoms with E-state index >= 15 is 0 Å². The number of carbonyl (C=O) groups excluding carboxylic acids is 2. The van der Waals surface area contributed by atoms with Gasteiger partial charge >= 0.3 is 18.2 Å². The number of rotatable bonds is 2. The van der Waals surface area contributed by atoms with Gasteiger partial charge in [0.05, 0.1) is 18.2 Å². The second-order valence-electron chi connectivity index (χ2n) is 8.68. The van der Waals surface area contributed by atoms with E-state index in [1.807, 2.05) is 4.90 Å². The molecule has 0 aliphatic carbocycles. The van der Waals surface area contributed by atoms with Crippen LogP contribution in [0.3, 0.4) is 0 Å². The van der Waals surface area contributed by atoms with Crippen molar-refractivity contribution in [2.75, 3.05) is 14.1 Å². The van der Waals surface area contributed by atoms with Crippen LogP contribution < -0.4 is 5.73 Å². The number of nitrogens with two attached hydrogens (primary N) is 1. The van der Waals surface area contributed by atoms with Gasteiger partial charge in [-0.2, -0.15) is 18.4 Å². The first-order chi connectivity index (χ1) is 15.3. The van der Waals surface area contributed by atoms with E-state index in [4.69, 9.17) is 22.1 Å². The maximum absolute atomic E-state index is 13.0. The number of nitrogens with zero attached hydrogens (tertiary/aromatic N) is 4. The zero-order valence-electron chi connectivity index (χ0n) is 18.5. The summed E-state index contributed by atoms with van der Waals surface area (Å²) < 4.78 is 31.7. The van der Waals surface area contributed by atoms with Crippen molar-refractivity contribution in [2.45, 2.75) is 74.9 Å². The minimum atomic E-state index is -5.08. The Kier molecular flexibility index (Phi) is 8.20. The van der Waals surface area contributed by atoms with Crippen LogP contribution in [0.5, 0.6) is 0 Å². The first kappa shape index (κ1) is 26.3. The summed E-state index contributed by atoms with van der Waals surface area (Å²) in [4.78, 5) is 39.4. The molecule has 3 rings (SSSR count). The highest BCUT2D eigenvalue weighted by molar-refractivity contribution is 5.84. The van der Waals surface area contributed by atoms with Crippen molar-refractivity contribution in [3.05, 3.63) is 0 Å². The van der Waals surface area contributed by atoms with E-state index in [-0.39, 0.29) is 36.0 Å². The molecule has 3 saturated heterocycles. The van der Waals surface area contributed by atoms with E-state index in [0.717, 1.165) is 25.7 Å². The van der Waals surface area contributed by atoms with Gasteiger partial charge in [-0.15, -0.1) is 6.42 Å².